The molecule has 1 N–H and O–H groups in total. The molecule has 0 radical (unpaired) electrons. The van der Waals surface area contributed by atoms with E-state index in [0.717, 1.165) is 17.7 Å². The molecule has 0 aromatic heterocycles. The van der Waals surface area contributed by atoms with Crippen LogP contribution in [0.4, 0.5) is 5.69 Å². The molecule has 5 nitrogen and oxygen atoms in total. The number of hydrogen-bond acceptors (Lipinski definition) is 4. The summed E-state index contributed by atoms with van der Waals surface area (Å²) in [6.45, 7) is 3.05. The molecule has 2 aliphatic heterocycles. The maximum Gasteiger partial charge on any atom is 0.232 e. The van der Waals surface area contributed by atoms with E-state index >= 15 is 0 Å². The van der Waals surface area contributed by atoms with Crippen molar-refractivity contribution in [3.8, 4) is 0 Å². The van der Waals surface area contributed by atoms with Crippen LogP contribution in [0.5, 0.6) is 0 Å². The van der Waals surface area contributed by atoms with Gasteiger partial charge in [-0.2, -0.15) is 0 Å². The van der Waals surface area contributed by atoms with E-state index < -0.39 is 0 Å². The minimum Gasteiger partial charge on any atom is -0.411 e. The molecule has 2 heterocycles. The van der Waals surface area contributed by atoms with Gasteiger partial charge >= 0.3 is 0 Å². The molecule has 3 rings (SSSR count). The van der Waals surface area contributed by atoms with E-state index in [-0.39, 0.29) is 17.9 Å². The molecule has 20 heavy (non-hydrogen) atoms. The maximum absolute atomic E-state index is 12.6. The Morgan fingerprint density at radius 1 is 1.45 bits per heavy atom. The molecule has 0 spiro atoms. The number of nitrogens with zero attached hydrogens (tertiary/aromatic N) is 2. The Morgan fingerprint density at radius 2 is 2.25 bits per heavy atom. The lowest BCUT2D eigenvalue weighted by molar-refractivity contribution is -0.122. The van der Waals surface area contributed by atoms with Gasteiger partial charge in [-0.05, 0) is 19.4 Å². The SMILES string of the molecule is CC1CC(C(=O)N2CC/C(=N/O)c3ccccc32)CO1. The summed E-state index contributed by atoms with van der Waals surface area (Å²) in [6, 6.07) is 7.57. The molecule has 1 amide bonds. The summed E-state index contributed by atoms with van der Waals surface area (Å²) in [7, 11) is 0. The standard InChI is InChI=1S/C15H18N2O3/c1-10-8-11(9-20-10)15(18)17-7-6-13(16-19)12-4-2-3-5-14(12)17/h2-5,10-11,19H,6-9H2,1H3/b16-13-. The molecule has 1 fully saturated rings. The zero-order chi connectivity index (χ0) is 14.1. The molecule has 2 unspecified atom stereocenters. The molecule has 1 saturated heterocycles. The van der Waals surface area contributed by atoms with E-state index in [1.165, 1.54) is 0 Å². The smallest absolute Gasteiger partial charge is 0.232 e. The van der Waals surface area contributed by atoms with Gasteiger partial charge in [0.05, 0.1) is 30.0 Å². The van der Waals surface area contributed by atoms with Crippen molar-refractivity contribution < 1.29 is 14.7 Å². The van der Waals surface area contributed by atoms with E-state index in [4.69, 9.17) is 9.94 Å². The van der Waals surface area contributed by atoms with Crippen LogP contribution in [0.1, 0.15) is 25.3 Å². The van der Waals surface area contributed by atoms with Crippen molar-refractivity contribution in [1.29, 1.82) is 0 Å². The Labute approximate surface area is 117 Å². The lowest BCUT2D eigenvalue weighted by Gasteiger charge is -2.31. The third-order valence-corrected chi connectivity index (χ3v) is 4.01. The third-order valence-electron chi connectivity index (χ3n) is 4.01. The Bertz CT molecular complexity index is 556. The molecule has 5 heteroatoms. The van der Waals surface area contributed by atoms with Crippen LogP contribution in [-0.2, 0) is 9.53 Å². The predicted molar refractivity (Wildman–Crippen MR) is 75.3 cm³/mol. The number of carbonyl (C=O) groups is 1. The second-order valence-electron chi connectivity index (χ2n) is 5.38. The maximum atomic E-state index is 12.6. The fraction of sp³-hybridized carbons (Fsp3) is 0.467. The molecular formula is C15H18N2O3. The number of rotatable bonds is 1. The van der Waals surface area contributed by atoms with Crippen molar-refractivity contribution in [3.63, 3.8) is 0 Å². The van der Waals surface area contributed by atoms with Crippen molar-refractivity contribution in [2.75, 3.05) is 18.1 Å². The first-order valence-corrected chi connectivity index (χ1v) is 6.94. The van der Waals surface area contributed by atoms with E-state index in [2.05, 4.69) is 5.16 Å². The first-order chi connectivity index (χ1) is 9.70. The lowest BCUT2D eigenvalue weighted by atomic mass is 9.97. The van der Waals surface area contributed by atoms with Gasteiger partial charge in [-0.15, -0.1) is 0 Å². The monoisotopic (exact) mass is 274 g/mol. The lowest BCUT2D eigenvalue weighted by Crippen LogP contribution is -2.41. The normalized spacial score (nSPS) is 27.6. The quantitative estimate of drug-likeness (QED) is 0.629. The molecule has 1 aromatic carbocycles. The third kappa shape index (κ3) is 2.18. The van der Waals surface area contributed by atoms with Crippen molar-refractivity contribution >= 4 is 17.3 Å². The highest BCUT2D eigenvalue weighted by Gasteiger charge is 2.34. The summed E-state index contributed by atoms with van der Waals surface area (Å²) in [5.74, 6) is 0.0458. The highest BCUT2D eigenvalue weighted by molar-refractivity contribution is 6.11. The van der Waals surface area contributed by atoms with Crippen LogP contribution in [0.15, 0.2) is 29.4 Å². The van der Waals surface area contributed by atoms with Crippen LogP contribution in [0.3, 0.4) is 0 Å². The fourth-order valence-electron chi connectivity index (χ4n) is 2.97. The average molecular weight is 274 g/mol. The number of ether oxygens (including phenoxy) is 1. The number of carbonyl (C=O) groups excluding carboxylic acids is 1. The topological polar surface area (TPSA) is 62.1 Å². The van der Waals surface area contributed by atoms with Gasteiger partial charge in [-0.25, -0.2) is 0 Å². The van der Waals surface area contributed by atoms with E-state index in [0.29, 0.717) is 25.3 Å². The molecule has 2 aliphatic rings. The number of fused-ring (bicyclic) bond motifs is 1. The second-order valence-corrected chi connectivity index (χ2v) is 5.38. The van der Waals surface area contributed by atoms with Crippen LogP contribution in [0.25, 0.3) is 0 Å². The molecule has 106 valence electrons. The minimum atomic E-state index is -0.0642. The summed E-state index contributed by atoms with van der Waals surface area (Å²) in [6.07, 6.45) is 1.50. The highest BCUT2D eigenvalue weighted by Crippen LogP contribution is 2.30. The van der Waals surface area contributed by atoms with Crippen LogP contribution < -0.4 is 4.90 Å². The van der Waals surface area contributed by atoms with Crippen molar-refractivity contribution in [3.05, 3.63) is 29.8 Å². The Morgan fingerprint density at radius 3 is 2.95 bits per heavy atom. The van der Waals surface area contributed by atoms with Crippen LogP contribution in [0, 0.1) is 5.92 Å². The summed E-state index contributed by atoms with van der Waals surface area (Å²) >= 11 is 0. The Hall–Kier alpha value is -1.88. The van der Waals surface area contributed by atoms with Gasteiger partial charge in [-0.3, -0.25) is 4.79 Å². The van der Waals surface area contributed by atoms with Crippen molar-refractivity contribution in [1.82, 2.24) is 0 Å². The zero-order valence-corrected chi connectivity index (χ0v) is 11.5. The minimum absolute atomic E-state index is 0.0642. The molecule has 0 saturated carbocycles. The average Bonchev–Trinajstić information content (AvgIpc) is 2.92. The highest BCUT2D eigenvalue weighted by atomic mass is 16.5. The summed E-state index contributed by atoms with van der Waals surface area (Å²) in [5, 5.41) is 12.4. The molecule has 2 atom stereocenters. The van der Waals surface area contributed by atoms with Crippen molar-refractivity contribution in [2.24, 2.45) is 11.1 Å². The molecular weight excluding hydrogens is 256 g/mol. The Kier molecular flexibility index (Phi) is 3.44. The van der Waals surface area contributed by atoms with Gasteiger partial charge in [0.1, 0.15) is 0 Å². The number of hydrogen-bond donors (Lipinski definition) is 1. The van der Waals surface area contributed by atoms with Crippen LogP contribution in [0.2, 0.25) is 0 Å². The van der Waals surface area contributed by atoms with Crippen LogP contribution >= 0.6 is 0 Å². The van der Waals surface area contributed by atoms with Gasteiger partial charge in [0.25, 0.3) is 0 Å². The Balaban J connectivity index is 1.90. The van der Waals surface area contributed by atoms with Crippen molar-refractivity contribution in [2.45, 2.75) is 25.9 Å². The van der Waals surface area contributed by atoms with E-state index in [1.54, 1.807) is 4.90 Å². The molecule has 1 aromatic rings. The number of para-hydroxylation sites is 1. The summed E-state index contributed by atoms with van der Waals surface area (Å²) in [5.41, 5.74) is 2.30. The fourth-order valence-corrected chi connectivity index (χ4v) is 2.97. The summed E-state index contributed by atoms with van der Waals surface area (Å²) in [4.78, 5) is 14.4. The largest absolute Gasteiger partial charge is 0.411 e. The van der Waals surface area contributed by atoms with Gasteiger partial charge < -0.3 is 14.8 Å². The number of oxime groups is 1. The predicted octanol–water partition coefficient (Wildman–Crippen LogP) is 2.03. The second kappa shape index (κ2) is 5.25. The zero-order valence-electron chi connectivity index (χ0n) is 11.5. The number of anilines is 1. The number of benzene rings is 1. The van der Waals surface area contributed by atoms with Gasteiger partial charge in [0.15, 0.2) is 0 Å². The van der Waals surface area contributed by atoms with E-state index in [9.17, 15) is 4.79 Å². The van der Waals surface area contributed by atoms with Crippen LogP contribution in [-0.4, -0.2) is 36.1 Å². The van der Waals surface area contributed by atoms with Gasteiger partial charge in [0, 0.05) is 18.5 Å². The number of amides is 1. The summed E-state index contributed by atoms with van der Waals surface area (Å²) < 4.78 is 5.50. The first kappa shape index (κ1) is 13.1. The first-order valence-electron chi connectivity index (χ1n) is 6.94. The van der Waals surface area contributed by atoms with Gasteiger partial charge in [0.2, 0.25) is 5.91 Å². The molecule has 0 aliphatic carbocycles. The van der Waals surface area contributed by atoms with Gasteiger partial charge in [-0.1, -0.05) is 23.4 Å². The molecule has 0 bridgehead atoms. The van der Waals surface area contributed by atoms with E-state index in [1.807, 2.05) is 31.2 Å².